The Morgan fingerprint density at radius 3 is 2.62 bits per heavy atom. The van der Waals surface area contributed by atoms with E-state index in [-0.39, 0.29) is 47.2 Å². The summed E-state index contributed by atoms with van der Waals surface area (Å²) in [6, 6.07) is 11.4. The number of ether oxygens (including phenoxy) is 2. The van der Waals surface area contributed by atoms with Gasteiger partial charge in [-0.2, -0.15) is 0 Å². The maximum absolute atomic E-state index is 15.8. The zero-order valence-electron chi connectivity index (χ0n) is 26.6. The van der Waals surface area contributed by atoms with Crippen LogP contribution in [-0.4, -0.2) is 70.8 Å². The first-order valence-electron chi connectivity index (χ1n) is 15.1. The second-order valence-corrected chi connectivity index (χ2v) is 13.0. The largest absolute Gasteiger partial charge is 0.507 e. The number of aromatic nitrogens is 3. The fourth-order valence-corrected chi connectivity index (χ4v) is 6.72. The number of aryl methyl sites for hydroxylation is 2. The molecule has 48 heavy (non-hydrogen) atoms. The average Bonchev–Trinajstić information content (AvgIpc) is 3.50. The molecule has 0 bridgehead atoms. The highest BCUT2D eigenvalue weighted by molar-refractivity contribution is 14.1. The first kappa shape index (κ1) is 35.3. The molecule has 1 amide bonds. The molecule has 0 unspecified atom stereocenters. The molecule has 5 aromatic rings. The molecule has 0 saturated heterocycles. The van der Waals surface area contributed by atoms with Crippen molar-refractivity contribution < 1.29 is 28.2 Å². The zero-order valence-corrected chi connectivity index (χ0v) is 29.6. The Labute approximate surface area is 294 Å². The molecule has 0 aliphatic heterocycles. The minimum atomic E-state index is -0.772. The summed E-state index contributed by atoms with van der Waals surface area (Å²) in [5.41, 5.74) is 10.8. The first-order valence-corrected chi connectivity index (χ1v) is 17.1. The van der Waals surface area contributed by atoms with Crippen LogP contribution in [0.2, 0.25) is 0 Å². The Hall–Kier alpha value is -3.99. The van der Waals surface area contributed by atoms with Crippen molar-refractivity contribution in [1.82, 2.24) is 19.9 Å². The average molecular weight is 789 g/mol. The van der Waals surface area contributed by atoms with Crippen LogP contribution >= 0.6 is 33.9 Å². The van der Waals surface area contributed by atoms with Gasteiger partial charge in [0, 0.05) is 53.2 Å². The monoisotopic (exact) mass is 788 g/mol. The van der Waals surface area contributed by atoms with E-state index < -0.39 is 11.6 Å². The lowest BCUT2D eigenvalue weighted by molar-refractivity contribution is -0.130. The quantitative estimate of drug-likeness (QED) is 0.0859. The Morgan fingerprint density at radius 1 is 1.08 bits per heavy atom. The highest BCUT2D eigenvalue weighted by Crippen LogP contribution is 2.39. The Kier molecular flexibility index (Phi) is 11.7. The summed E-state index contributed by atoms with van der Waals surface area (Å²) in [6.45, 7) is 5.62. The van der Waals surface area contributed by atoms with Crippen molar-refractivity contribution in [3.05, 3.63) is 80.1 Å². The molecule has 3 aromatic carbocycles. The number of aromatic hydroxyl groups is 1. The number of carbonyl (C=O) groups excluding carboxylic acids is 1. The molecule has 0 aliphatic carbocycles. The lowest BCUT2D eigenvalue weighted by atomic mass is 10.0. The number of anilines is 1. The number of phenols is 1. The van der Waals surface area contributed by atoms with Gasteiger partial charge in [-0.3, -0.25) is 4.79 Å². The fraction of sp³-hybridized carbons (Fsp3) is 0.294. The number of hydrogen-bond acceptors (Lipinski definition) is 10. The number of likely N-dealkylation sites (N-methyl/N-ethyl adjacent to an activating group) is 1. The molecule has 0 atom stereocenters. The van der Waals surface area contributed by atoms with Gasteiger partial charge in [0.2, 0.25) is 11.9 Å². The second-order valence-electron chi connectivity index (χ2n) is 11.0. The Balaban J connectivity index is 1.10. The minimum Gasteiger partial charge on any atom is -0.507 e. The van der Waals surface area contributed by atoms with Gasteiger partial charge in [0.05, 0.1) is 40.6 Å². The van der Waals surface area contributed by atoms with Crippen LogP contribution in [0.1, 0.15) is 23.4 Å². The van der Waals surface area contributed by atoms with Crippen molar-refractivity contribution >= 4 is 56.7 Å². The predicted octanol–water partition coefficient (Wildman–Crippen LogP) is 6.44. The molecular weight excluding hydrogens is 753 g/mol. The predicted molar refractivity (Wildman–Crippen MR) is 191 cm³/mol. The topological polar surface area (TPSA) is 136 Å². The van der Waals surface area contributed by atoms with Crippen LogP contribution in [0.5, 0.6) is 11.5 Å². The number of nitrogens with zero attached hydrogens (tertiary/aromatic N) is 4. The van der Waals surface area contributed by atoms with Crippen molar-refractivity contribution in [2.75, 3.05) is 45.3 Å². The number of phenolic OH excluding ortho intramolecular Hbond substituents is 1. The molecule has 0 spiro atoms. The lowest BCUT2D eigenvalue weighted by Gasteiger charge is -2.18. The van der Waals surface area contributed by atoms with Crippen molar-refractivity contribution in [1.29, 1.82) is 0 Å². The van der Waals surface area contributed by atoms with E-state index in [2.05, 4.69) is 20.3 Å². The Morgan fingerprint density at radius 2 is 1.90 bits per heavy atom. The summed E-state index contributed by atoms with van der Waals surface area (Å²) in [4.78, 5) is 28.4. The van der Waals surface area contributed by atoms with E-state index >= 15 is 4.39 Å². The number of carbonyl (C=O) groups is 1. The van der Waals surface area contributed by atoms with Crippen molar-refractivity contribution in [3.63, 3.8) is 0 Å². The van der Waals surface area contributed by atoms with E-state index in [9.17, 15) is 14.3 Å². The van der Waals surface area contributed by atoms with Crippen LogP contribution in [0.25, 0.3) is 32.5 Å². The molecular formula is C34H35F2IN6O4S. The van der Waals surface area contributed by atoms with Gasteiger partial charge in [0.15, 0.2) is 5.82 Å². The van der Waals surface area contributed by atoms with Crippen molar-refractivity contribution in [2.45, 2.75) is 26.8 Å². The molecule has 5 rings (SSSR count). The number of halogens is 3. The van der Waals surface area contributed by atoms with Crippen LogP contribution in [0, 0.1) is 29.1 Å². The van der Waals surface area contributed by atoms with Gasteiger partial charge in [-0.15, -0.1) is 11.3 Å². The molecule has 2 aromatic heterocycles. The van der Waals surface area contributed by atoms with Gasteiger partial charge >= 0.3 is 0 Å². The third kappa shape index (κ3) is 7.99. The second kappa shape index (κ2) is 15.9. The Bertz CT molecular complexity index is 1920. The summed E-state index contributed by atoms with van der Waals surface area (Å²) in [6.07, 6.45) is 0.140. The fourth-order valence-electron chi connectivity index (χ4n) is 5.10. The number of rotatable bonds is 14. The van der Waals surface area contributed by atoms with Crippen molar-refractivity contribution in [3.8, 4) is 33.1 Å². The number of nitrogens with one attached hydrogen (secondary N) is 1. The van der Waals surface area contributed by atoms with Gasteiger partial charge in [0.25, 0.3) is 0 Å². The van der Waals surface area contributed by atoms with Crippen molar-refractivity contribution in [2.24, 2.45) is 5.73 Å². The van der Waals surface area contributed by atoms with E-state index in [1.165, 1.54) is 12.1 Å². The van der Waals surface area contributed by atoms with Crippen LogP contribution in [0.4, 0.5) is 14.7 Å². The van der Waals surface area contributed by atoms with Crippen LogP contribution in [-0.2, 0) is 16.1 Å². The number of amides is 1. The zero-order chi connectivity index (χ0) is 34.4. The number of benzene rings is 3. The SMILES string of the molecule is Cc1ncsc1-c1ccc(CN)c(OCCOCCN(C)C(=O)CCNc2nc(C)c3cc(I)c(-c4c(O)cccc4F)c(F)c3n2)c1. The third-order valence-electron chi connectivity index (χ3n) is 7.71. The van der Waals surface area contributed by atoms with E-state index in [0.29, 0.717) is 53.3 Å². The summed E-state index contributed by atoms with van der Waals surface area (Å²) in [5.74, 6) is -1.18. The molecule has 4 N–H and O–H groups in total. The van der Waals surface area contributed by atoms with Crippen LogP contribution in [0.15, 0.2) is 48.0 Å². The summed E-state index contributed by atoms with van der Waals surface area (Å²) in [5, 5.41) is 13.7. The minimum absolute atomic E-state index is 0.0190. The van der Waals surface area contributed by atoms with Gasteiger partial charge < -0.3 is 30.5 Å². The molecule has 0 fully saturated rings. The number of nitrogens with two attached hydrogens (primary N) is 1. The lowest BCUT2D eigenvalue weighted by Crippen LogP contribution is -2.31. The summed E-state index contributed by atoms with van der Waals surface area (Å²) < 4.78 is 42.5. The molecule has 0 saturated carbocycles. The maximum atomic E-state index is 15.8. The molecule has 14 heteroatoms. The van der Waals surface area contributed by atoms with E-state index in [1.807, 2.05) is 53.2 Å². The summed E-state index contributed by atoms with van der Waals surface area (Å²) in [7, 11) is 1.69. The third-order valence-corrected chi connectivity index (χ3v) is 9.54. The van der Waals surface area contributed by atoms with E-state index in [0.717, 1.165) is 27.8 Å². The molecule has 10 nitrogen and oxygen atoms in total. The normalized spacial score (nSPS) is 11.2. The molecule has 252 valence electrons. The number of hydrogen-bond donors (Lipinski definition) is 3. The smallest absolute Gasteiger partial charge is 0.224 e. The van der Waals surface area contributed by atoms with Gasteiger partial charge in [0.1, 0.15) is 29.4 Å². The molecule has 0 radical (unpaired) electrons. The van der Waals surface area contributed by atoms with Gasteiger partial charge in [-0.25, -0.2) is 23.7 Å². The van der Waals surface area contributed by atoms with Gasteiger partial charge in [-0.05, 0) is 66.3 Å². The van der Waals surface area contributed by atoms with E-state index in [1.54, 1.807) is 36.3 Å². The van der Waals surface area contributed by atoms with Gasteiger partial charge in [-0.1, -0.05) is 18.2 Å². The highest BCUT2D eigenvalue weighted by atomic mass is 127. The molecule has 2 heterocycles. The van der Waals surface area contributed by atoms with E-state index in [4.69, 9.17) is 15.2 Å². The number of fused-ring (bicyclic) bond motifs is 1. The summed E-state index contributed by atoms with van der Waals surface area (Å²) >= 11 is 3.48. The van der Waals surface area contributed by atoms with Crippen LogP contribution in [0.3, 0.4) is 0 Å². The van der Waals surface area contributed by atoms with Crippen LogP contribution < -0.4 is 15.8 Å². The first-order chi connectivity index (χ1) is 23.1. The molecule has 0 aliphatic rings. The highest BCUT2D eigenvalue weighted by Gasteiger charge is 2.22. The number of thiazole rings is 1. The maximum Gasteiger partial charge on any atom is 0.224 e. The standard InChI is InChI=1S/C34H35F2IN6O4S/c1-19-23-16-25(37)30(29-24(35)5-4-6-26(29)44)31(36)32(23)42-34(41-19)39-10-9-28(45)43(3)11-12-46-13-14-47-27-15-21(7-8-22(27)17-38)33-20(2)40-18-48-33/h4-8,15-16,18,44H,9-14,17,38H2,1-3H3,(H,39,41,42).